The maximum atomic E-state index is 12.0. The molecule has 1 N–H and O–H groups in total. The number of esters is 1. The van der Waals surface area contributed by atoms with Gasteiger partial charge in [0.25, 0.3) is 0 Å². The molecule has 3 aromatic carbocycles. The van der Waals surface area contributed by atoms with Crippen LogP contribution in [0.5, 0.6) is 11.5 Å². The number of nitrogens with zero attached hydrogens (tertiary/aromatic N) is 3. The summed E-state index contributed by atoms with van der Waals surface area (Å²) in [4.78, 5) is 32.5. The monoisotopic (exact) mass is 570 g/mol. The largest absolute Gasteiger partial charge is 0.460 e. The molecule has 10 heteroatoms. The number of Topliss-reactive ketones (excluding diaryl/α,β-unsaturated/α-hetero) is 1. The highest BCUT2D eigenvalue weighted by molar-refractivity contribution is 6.32. The summed E-state index contributed by atoms with van der Waals surface area (Å²) < 4.78 is 18.8. The molecule has 0 amide bonds. The van der Waals surface area contributed by atoms with Crippen molar-refractivity contribution in [3.05, 3.63) is 108 Å². The second kappa shape index (κ2) is 13.1. The Labute approximate surface area is 241 Å². The van der Waals surface area contributed by atoms with Crippen molar-refractivity contribution in [2.75, 3.05) is 25.1 Å². The molecule has 2 aromatic heterocycles. The number of benzene rings is 3. The zero-order valence-corrected chi connectivity index (χ0v) is 23.0. The van der Waals surface area contributed by atoms with Gasteiger partial charge in [0.15, 0.2) is 11.6 Å². The molecule has 5 rings (SSSR count). The van der Waals surface area contributed by atoms with Gasteiger partial charge in [-0.15, -0.1) is 0 Å². The van der Waals surface area contributed by atoms with Crippen molar-refractivity contribution in [2.45, 2.75) is 13.5 Å². The molecule has 0 unspecified atom stereocenters. The van der Waals surface area contributed by atoms with Gasteiger partial charge < -0.3 is 24.1 Å². The first kappa shape index (κ1) is 27.8. The van der Waals surface area contributed by atoms with Gasteiger partial charge in [-0.05, 0) is 55.5 Å². The molecular weight excluding hydrogens is 544 g/mol. The first-order chi connectivity index (χ1) is 20.0. The summed E-state index contributed by atoms with van der Waals surface area (Å²) in [5, 5.41) is 3.71. The van der Waals surface area contributed by atoms with Crippen molar-refractivity contribution < 1.29 is 23.8 Å². The van der Waals surface area contributed by atoms with Gasteiger partial charge in [-0.3, -0.25) is 4.79 Å². The Morgan fingerprint density at radius 1 is 0.902 bits per heavy atom. The number of fused-ring (bicyclic) bond motifs is 1. The predicted molar refractivity (Wildman–Crippen MR) is 156 cm³/mol. The van der Waals surface area contributed by atoms with E-state index in [0.29, 0.717) is 52.3 Å². The number of ether oxygens (including phenoxy) is 3. The van der Waals surface area contributed by atoms with E-state index in [4.69, 9.17) is 25.8 Å². The first-order valence-corrected chi connectivity index (χ1v) is 13.3. The minimum absolute atomic E-state index is 0.0436. The van der Waals surface area contributed by atoms with Gasteiger partial charge in [0, 0.05) is 24.0 Å². The molecule has 5 aromatic rings. The van der Waals surface area contributed by atoms with Crippen molar-refractivity contribution in [1.29, 1.82) is 0 Å². The smallest absolute Gasteiger partial charge is 0.338 e. The SMILES string of the molecule is CC(=O)c1cccc(Oc2ccc(Nc3ncnc4ccn(CCOCCOC(=O)c5ccccc5)c34)cc2Cl)c1. The Morgan fingerprint density at radius 2 is 1.73 bits per heavy atom. The number of anilines is 2. The predicted octanol–water partition coefficient (Wildman–Crippen LogP) is 6.70. The van der Waals surface area contributed by atoms with Crippen LogP contribution in [0.15, 0.2) is 91.4 Å². The molecule has 0 aliphatic rings. The van der Waals surface area contributed by atoms with Crippen LogP contribution in [-0.2, 0) is 16.0 Å². The van der Waals surface area contributed by atoms with Crippen LogP contribution in [0.25, 0.3) is 11.0 Å². The molecule has 41 heavy (non-hydrogen) atoms. The van der Waals surface area contributed by atoms with Crippen molar-refractivity contribution in [3.8, 4) is 11.5 Å². The van der Waals surface area contributed by atoms with Gasteiger partial charge in [0.2, 0.25) is 0 Å². The fourth-order valence-electron chi connectivity index (χ4n) is 4.13. The zero-order chi connectivity index (χ0) is 28.6. The Bertz CT molecular complexity index is 1670. The molecule has 0 radical (unpaired) electrons. The Kier molecular flexibility index (Phi) is 8.88. The third-order valence-corrected chi connectivity index (χ3v) is 6.46. The number of halogens is 1. The van der Waals surface area contributed by atoms with Crippen LogP contribution in [0, 0.1) is 0 Å². The Hall–Kier alpha value is -4.73. The highest BCUT2D eigenvalue weighted by Gasteiger charge is 2.12. The molecule has 2 heterocycles. The second-order valence-electron chi connectivity index (χ2n) is 9.04. The van der Waals surface area contributed by atoms with E-state index in [1.165, 1.54) is 13.3 Å². The van der Waals surface area contributed by atoms with E-state index in [2.05, 4.69) is 15.3 Å². The van der Waals surface area contributed by atoms with Crippen LogP contribution in [0.3, 0.4) is 0 Å². The Morgan fingerprint density at radius 3 is 2.54 bits per heavy atom. The van der Waals surface area contributed by atoms with Crippen LogP contribution in [0.1, 0.15) is 27.6 Å². The molecule has 0 fully saturated rings. The van der Waals surface area contributed by atoms with Crippen LogP contribution >= 0.6 is 11.6 Å². The van der Waals surface area contributed by atoms with E-state index >= 15 is 0 Å². The summed E-state index contributed by atoms with van der Waals surface area (Å²) in [5.41, 5.74) is 3.36. The summed E-state index contributed by atoms with van der Waals surface area (Å²) in [7, 11) is 0. The quantitative estimate of drug-likeness (QED) is 0.100. The van der Waals surface area contributed by atoms with Gasteiger partial charge >= 0.3 is 5.97 Å². The van der Waals surface area contributed by atoms with Gasteiger partial charge in [0.1, 0.15) is 29.9 Å². The van der Waals surface area contributed by atoms with E-state index in [0.717, 1.165) is 11.0 Å². The molecule has 9 nitrogen and oxygen atoms in total. The number of ketones is 1. The van der Waals surface area contributed by atoms with E-state index in [9.17, 15) is 9.59 Å². The van der Waals surface area contributed by atoms with Gasteiger partial charge in [-0.25, -0.2) is 14.8 Å². The molecule has 0 atom stereocenters. The fourth-order valence-corrected chi connectivity index (χ4v) is 4.35. The fraction of sp³-hybridized carbons (Fsp3) is 0.161. The molecule has 0 saturated heterocycles. The highest BCUT2D eigenvalue weighted by Crippen LogP contribution is 2.33. The van der Waals surface area contributed by atoms with Crippen molar-refractivity contribution in [1.82, 2.24) is 14.5 Å². The number of hydrogen-bond acceptors (Lipinski definition) is 8. The molecule has 208 valence electrons. The second-order valence-corrected chi connectivity index (χ2v) is 9.44. The maximum absolute atomic E-state index is 12.0. The lowest BCUT2D eigenvalue weighted by Crippen LogP contribution is -2.13. The summed E-state index contributed by atoms with van der Waals surface area (Å²) in [6.07, 6.45) is 3.41. The number of aromatic nitrogens is 3. The van der Waals surface area contributed by atoms with Gasteiger partial charge in [-0.1, -0.05) is 41.9 Å². The summed E-state index contributed by atoms with van der Waals surface area (Å²) >= 11 is 6.52. The van der Waals surface area contributed by atoms with Crippen LogP contribution in [0.2, 0.25) is 5.02 Å². The molecule has 0 aliphatic carbocycles. The molecular formula is C31H27ClN4O5. The summed E-state index contributed by atoms with van der Waals surface area (Å²) in [6, 6.07) is 23.0. The third kappa shape index (κ3) is 7.08. The van der Waals surface area contributed by atoms with Gasteiger partial charge in [0.05, 0.1) is 29.3 Å². The maximum Gasteiger partial charge on any atom is 0.338 e. The van der Waals surface area contributed by atoms with Crippen molar-refractivity contribution in [2.24, 2.45) is 0 Å². The topological polar surface area (TPSA) is 105 Å². The number of carbonyl (C=O) groups is 2. The number of rotatable bonds is 12. The summed E-state index contributed by atoms with van der Waals surface area (Å²) in [5.74, 6) is 1.17. The van der Waals surface area contributed by atoms with Crippen LogP contribution in [0.4, 0.5) is 11.5 Å². The van der Waals surface area contributed by atoms with Crippen molar-refractivity contribution in [3.63, 3.8) is 0 Å². The molecule has 0 saturated carbocycles. The minimum Gasteiger partial charge on any atom is -0.460 e. The third-order valence-electron chi connectivity index (χ3n) is 6.16. The molecule has 0 spiro atoms. The number of nitrogens with one attached hydrogen (secondary N) is 1. The molecule has 0 bridgehead atoms. The zero-order valence-electron chi connectivity index (χ0n) is 22.2. The average molecular weight is 571 g/mol. The van der Waals surface area contributed by atoms with Crippen LogP contribution < -0.4 is 10.1 Å². The van der Waals surface area contributed by atoms with E-state index in [1.807, 2.05) is 29.0 Å². The first-order valence-electron chi connectivity index (χ1n) is 12.9. The lowest BCUT2D eigenvalue weighted by Gasteiger charge is -2.13. The van der Waals surface area contributed by atoms with Crippen LogP contribution in [-0.4, -0.2) is 46.1 Å². The van der Waals surface area contributed by atoms with E-state index < -0.39 is 0 Å². The average Bonchev–Trinajstić information content (AvgIpc) is 3.41. The van der Waals surface area contributed by atoms with Gasteiger partial charge in [-0.2, -0.15) is 0 Å². The van der Waals surface area contributed by atoms with E-state index in [-0.39, 0.29) is 25.0 Å². The normalized spacial score (nSPS) is 10.9. The Balaban J connectivity index is 1.19. The summed E-state index contributed by atoms with van der Waals surface area (Å²) in [6.45, 7) is 2.91. The lowest BCUT2D eigenvalue weighted by atomic mass is 10.1. The number of carbonyl (C=O) groups excluding carboxylic acids is 2. The molecule has 0 aliphatic heterocycles. The standard InChI is InChI=1S/C31H27ClN4O5/c1-21(37)23-8-5-9-25(18-23)41-28-11-10-24(19-26(28)32)35-30-29-27(33-20-34-30)12-13-36(29)14-15-39-16-17-40-31(38)22-6-3-2-4-7-22/h2-13,18-20H,14-17H2,1H3,(H,33,34,35). The highest BCUT2D eigenvalue weighted by atomic mass is 35.5. The number of hydrogen-bond donors (Lipinski definition) is 1. The van der Waals surface area contributed by atoms with Crippen molar-refractivity contribution >= 4 is 45.9 Å². The van der Waals surface area contributed by atoms with E-state index in [1.54, 1.807) is 60.7 Å². The minimum atomic E-state index is -0.375. The lowest BCUT2D eigenvalue weighted by molar-refractivity contribution is 0.0307.